The van der Waals surface area contributed by atoms with Crippen molar-refractivity contribution < 1.29 is 10.2 Å². The fourth-order valence-corrected chi connectivity index (χ4v) is 5.84. The lowest BCUT2D eigenvalue weighted by molar-refractivity contribution is -0.176. The molecule has 0 unspecified atom stereocenters. The third kappa shape index (κ3) is 2.89. The van der Waals surface area contributed by atoms with Crippen molar-refractivity contribution in [3.8, 4) is 0 Å². The molecule has 4 aliphatic carbocycles. The van der Waals surface area contributed by atoms with Crippen LogP contribution in [0.5, 0.6) is 0 Å². The third-order valence-corrected chi connectivity index (χ3v) is 7.33. The smallest absolute Gasteiger partial charge is 0.0707 e. The molecule has 0 radical (unpaired) electrons. The Labute approximate surface area is 136 Å². The Morgan fingerprint density at radius 1 is 1.05 bits per heavy atom. The molecule has 0 amide bonds. The Balaban J connectivity index is 1.58. The highest BCUT2D eigenvalue weighted by Crippen LogP contribution is 2.59. The SMILES string of the molecule is C=C(CCC1(O)C2CC3CC(C2)CC1C3)CC(O)(CC)CC. The summed E-state index contributed by atoms with van der Waals surface area (Å²) < 4.78 is 0. The second-order valence-corrected chi connectivity index (χ2v) is 8.65. The molecule has 4 fully saturated rings. The van der Waals surface area contributed by atoms with Crippen molar-refractivity contribution in [1.29, 1.82) is 0 Å². The van der Waals surface area contributed by atoms with E-state index in [9.17, 15) is 10.2 Å². The van der Waals surface area contributed by atoms with Crippen LogP contribution in [0.25, 0.3) is 0 Å². The van der Waals surface area contributed by atoms with Gasteiger partial charge in [-0.25, -0.2) is 0 Å². The summed E-state index contributed by atoms with van der Waals surface area (Å²) in [4.78, 5) is 0. The van der Waals surface area contributed by atoms with Crippen LogP contribution in [0.15, 0.2) is 12.2 Å². The van der Waals surface area contributed by atoms with Crippen molar-refractivity contribution in [2.45, 2.75) is 89.3 Å². The van der Waals surface area contributed by atoms with Gasteiger partial charge >= 0.3 is 0 Å². The van der Waals surface area contributed by atoms with E-state index in [-0.39, 0.29) is 0 Å². The van der Waals surface area contributed by atoms with Crippen molar-refractivity contribution in [3.63, 3.8) is 0 Å². The van der Waals surface area contributed by atoms with E-state index in [2.05, 4.69) is 6.58 Å². The monoisotopic (exact) mass is 306 g/mol. The Morgan fingerprint density at radius 3 is 2.00 bits per heavy atom. The van der Waals surface area contributed by atoms with Gasteiger partial charge in [-0.1, -0.05) is 26.0 Å². The largest absolute Gasteiger partial charge is 0.390 e. The molecule has 0 aromatic heterocycles. The molecule has 2 heteroatoms. The summed E-state index contributed by atoms with van der Waals surface area (Å²) in [5.41, 5.74) is 0.0878. The first-order valence-corrected chi connectivity index (χ1v) is 9.50. The van der Waals surface area contributed by atoms with Gasteiger partial charge < -0.3 is 10.2 Å². The molecule has 0 aromatic carbocycles. The zero-order valence-corrected chi connectivity index (χ0v) is 14.5. The molecule has 4 bridgehead atoms. The van der Waals surface area contributed by atoms with Crippen molar-refractivity contribution in [2.24, 2.45) is 23.7 Å². The van der Waals surface area contributed by atoms with Gasteiger partial charge in [-0.3, -0.25) is 0 Å². The van der Waals surface area contributed by atoms with Crippen LogP contribution < -0.4 is 0 Å². The lowest BCUT2D eigenvalue weighted by atomic mass is 9.49. The van der Waals surface area contributed by atoms with Crippen LogP contribution in [0, 0.1) is 23.7 Å². The number of hydrogen-bond acceptors (Lipinski definition) is 2. The van der Waals surface area contributed by atoms with Gasteiger partial charge in [0.05, 0.1) is 11.2 Å². The fourth-order valence-electron chi connectivity index (χ4n) is 5.84. The van der Waals surface area contributed by atoms with E-state index in [1.165, 1.54) is 32.1 Å². The van der Waals surface area contributed by atoms with Gasteiger partial charge in [0.15, 0.2) is 0 Å². The van der Waals surface area contributed by atoms with Gasteiger partial charge in [-0.2, -0.15) is 0 Å². The fraction of sp³-hybridized carbons (Fsp3) is 0.900. The van der Waals surface area contributed by atoms with E-state index in [0.29, 0.717) is 18.3 Å². The summed E-state index contributed by atoms with van der Waals surface area (Å²) in [6.45, 7) is 8.29. The molecule has 2 nitrogen and oxygen atoms in total. The van der Waals surface area contributed by atoms with Crippen molar-refractivity contribution in [2.75, 3.05) is 0 Å². The van der Waals surface area contributed by atoms with Crippen LogP contribution in [-0.2, 0) is 0 Å². The topological polar surface area (TPSA) is 40.5 Å². The van der Waals surface area contributed by atoms with E-state index in [4.69, 9.17) is 0 Å². The molecule has 0 spiro atoms. The summed E-state index contributed by atoms with van der Waals surface area (Å²) in [6.07, 6.45) is 10.4. The first-order chi connectivity index (χ1) is 10.4. The minimum atomic E-state index is -0.593. The molecule has 4 aliphatic rings. The standard InChI is InChI=1S/C20H34O2/c1-4-19(21,5-2)13-14(3)6-7-20(22)17-9-15-8-16(11-17)12-18(20)10-15/h15-18,21-22H,3-13H2,1-2H3. The Bertz CT molecular complexity index is 393. The van der Waals surface area contributed by atoms with E-state index < -0.39 is 11.2 Å². The van der Waals surface area contributed by atoms with Crippen LogP contribution in [-0.4, -0.2) is 21.4 Å². The average Bonchev–Trinajstić information content (AvgIpc) is 2.50. The quantitative estimate of drug-likeness (QED) is 0.682. The van der Waals surface area contributed by atoms with Crippen LogP contribution in [0.4, 0.5) is 0 Å². The van der Waals surface area contributed by atoms with Crippen LogP contribution in [0.2, 0.25) is 0 Å². The van der Waals surface area contributed by atoms with Crippen LogP contribution >= 0.6 is 0 Å². The van der Waals surface area contributed by atoms with E-state index >= 15 is 0 Å². The predicted octanol–water partition coefficient (Wildman–Crippen LogP) is 4.45. The van der Waals surface area contributed by atoms with Crippen LogP contribution in [0.1, 0.15) is 78.1 Å². The predicted molar refractivity (Wildman–Crippen MR) is 90.5 cm³/mol. The minimum absolute atomic E-state index is 0.438. The van der Waals surface area contributed by atoms with Gasteiger partial charge in [0.1, 0.15) is 0 Å². The maximum absolute atomic E-state index is 11.3. The van der Waals surface area contributed by atoms with Gasteiger partial charge in [-0.05, 0) is 87.9 Å². The normalized spacial score (nSPS) is 40.2. The molecule has 4 rings (SSSR count). The molecule has 0 saturated heterocycles. The van der Waals surface area contributed by atoms with E-state index in [1.807, 2.05) is 13.8 Å². The highest BCUT2D eigenvalue weighted by molar-refractivity contribution is 5.09. The summed E-state index contributed by atoms with van der Waals surface area (Å²) in [6, 6.07) is 0. The van der Waals surface area contributed by atoms with Crippen molar-refractivity contribution in [3.05, 3.63) is 12.2 Å². The molecule has 0 aliphatic heterocycles. The van der Waals surface area contributed by atoms with Gasteiger partial charge in [0.25, 0.3) is 0 Å². The lowest BCUT2D eigenvalue weighted by Crippen LogP contribution is -2.57. The number of aliphatic hydroxyl groups is 2. The zero-order valence-electron chi connectivity index (χ0n) is 14.5. The van der Waals surface area contributed by atoms with Gasteiger partial charge in [-0.15, -0.1) is 0 Å². The van der Waals surface area contributed by atoms with E-state index in [1.54, 1.807) is 0 Å². The molecule has 2 N–H and O–H groups in total. The summed E-state index contributed by atoms with van der Waals surface area (Å²) in [5.74, 6) is 2.87. The van der Waals surface area contributed by atoms with E-state index in [0.717, 1.165) is 43.1 Å². The zero-order chi connectivity index (χ0) is 16.0. The Hall–Kier alpha value is -0.340. The first-order valence-electron chi connectivity index (χ1n) is 9.50. The summed E-state index contributed by atoms with van der Waals surface area (Å²) in [7, 11) is 0. The molecule has 0 heterocycles. The maximum Gasteiger partial charge on any atom is 0.0707 e. The Morgan fingerprint density at radius 2 is 1.55 bits per heavy atom. The van der Waals surface area contributed by atoms with Crippen LogP contribution in [0.3, 0.4) is 0 Å². The maximum atomic E-state index is 11.3. The highest BCUT2D eigenvalue weighted by Gasteiger charge is 2.55. The Kier molecular flexibility index (Phi) is 4.46. The molecule has 4 saturated carbocycles. The minimum Gasteiger partial charge on any atom is -0.390 e. The summed E-state index contributed by atoms with van der Waals surface area (Å²) >= 11 is 0. The molecular weight excluding hydrogens is 272 g/mol. The molecule has 0 aromatic rings. The molecular formula is C20H34O2. The van der Waals surface area contributed by atoms with Gasteiger partial charge in [0.2, 0.25) is 0 Å². The molecule has 0 atom stereocenters. The second kappa shape index (κ2) is 5.94. The lowest BCUT2D eigenvalue weighted by Gasteiger charge is -2.59. The number of rotatable bonds is 7. The number of hydrogen-bond donors (Lipinski definition) is 2. The summed E-state index contributed by atoms with van der Waals surface area (Å²) in [5, 5.41) is 21.8. The molecule has 22 heavy (non-hydrogen) atoms. The highest BCUT2D eigenvalue weighted by atomic mass is 16.3. The van der Waals surface area contributed by atoms with Crippen molar-refractivity contribution in [1.82, 2.24) is 0 Å². The van der Waals surface area contributed by atoms with Gasteiger partial charge in [0, 0.05) is 0 Å². The average molecular weight is 306 g/mol. The molecule has 126 valence electrons. The van der Waals surface area contributed by atoms with Crippen molar-refractivity contribution >= 4 is 0 Å². The third-order valence-electron chi connectivity index (χ3n) is 7.33. The second-order valence-electron chi connectivity index (χ2n) is 8.65. The first kappa shape index (κ1) is 16.5.